The van der Waals surface area contributed by atoms with E-state index in [1.54, 1.807) is 6.08 Å². The molecule has 0 rings (SSSR count). The number of hydrogen-bond donors (Lipinski definition) is 4. The SMILES string of the molecule is CC/C=C/CC/C=C/CC/C=C/C(O)C(CO)NC(=O)CC(O)CCCCCCC/C=C\CCCCCCCCCCCCC. The molecule has 5 nitrogen and oxygen atoms in total. The molecule has 3 atom stereocenters. The average Bonchev–Trinajstić information content (AvgIpc) is 3.03. The van der Waals surface area contributed by atoms with E-state index in [0.29, 0.717) is 6.42 Å². The van der Waals surface area contributed by atoms with Crippen LogP contribution < -0.4 is 5.32 Å². The quantitative estimate of drug-likeness (QED) is 0.0429. The van der Waals surface area contributed by atoms with Crippen LogP contribution in [0.2, 0.25) is 0 Å². The van der Waals surface area contributed by atoms with Crippen molar-refractivity contribution in [3.8, 4) is 0 Å². The van der Waals surface area contributed by atoms with Gasteiger partial charge < -0.3 is 20.6 Å². The first-order valence-corrected chi connectivity index (χ1v) is 18.9. The number of amides is 1. The van der Waals surface area contributed by atoms with Gasteiger partial charge in [0.15, 0.2) is 0 Å². The molecular formula is C40H73NO4. The van der Waals surface area contributed by atoms with Crippen LogP contribution in [-0.2, 0) is 4.79 Å². The van der Waals surface area contributed by atoms with Gasteiger partial charge in [-0.1, -0.05) is 152 Å². The van der Waals surface area contributed by atoms with E-state index < -0.39 is 18.2 Å². The third-order valence-corrected chi connectivity index (χ3v) is 8.33. The first-order chi connectivity index (χ1) is 22.0. The van der Waals surface area contributed by atoms with Crippen molar-refractivity contribution in [1.82, 2.24) is 5.32 Å². The topological polar surface area (TPSA) is 89.8 Å². The van der Waals surface area contributed by atoms with Crippen molar-refractivity contribution in [3.63, 3.8) is 0 Å². The number of allylic oxidation sites excluding steroid dienone is 7. The summed E-state index contributed by atoms with van der Waals surface area (Å²) in [7, 11) is 0. The summed E-state index contributed by atoms with van der Waals surface area (Å²) >= 11 is 0. The fourth-order valence-corrected chi connectivity index (χ4v) is 5.43. The van der Waals surface area contributed by atoms with Gasteiger partial charge in [-0.3, -0.25) is 4.79 Å². The van der Waals surface area contributed by atoms with Crippen LogP contribution in [0, 0.1) is 0 Å². The Morgan fingerprint density at radius 3 is 1.53 bits per heavy atom. The minimum Gasteiger partial charge on any atom is -0.394 e. The molecule has 0 aromatic heterocycles. The van der Waals surface area contributed by atoms with Gasteiger partial charge in [0.2, 0.25) is 5.91 Å². The monoisotopic (exact) mass is 632 g/mol. The summed E-state index contributed by atoms with van der Waals surface area (Å²) in [6, 6.07) is -0.768. The van der Waals surface area contributed by atoms with E-state index in [1.165, 1.54) is 89.9 Å². The summed E-state index contributed by atoms with van der Waals surface area (Å²) in [5, 5.41) is 32.9. The second-order valence-electron chi connectivity index (χ2n) is 12.8. The molecular weight excluding hydrogens is 558 g/mol. The highest BCUT2D eigenvalue weighted by Crippen LogP contribution is 2.13. The van der Waals surface area contributed by atoms with Gasteiger partial charge in [-0.25, -0.2) is 0 Å². The van der Waals surface area contributed by atoms with E-state index in [-0.39, 0.29) is 18.9 Å². The molecule has 0 saturated heterocycles. The van der Waals surface area contributed by atoms with Gasteiger partial charge in [0.05, 0.1) is 31.3 Å². The number of aliphatic hydroxyl groups is 3. The van der Waals surface area contributed by atoms with E-state index in [4.69, 9.17) is 0 Å². The van der Waals surface area contributed by atoms with Crippen LogP contribution in [0.15, 0.2) is 48.6 Å². The predicted octanol–water partition coefficient (Wildman–Crippen LogP) is 10.2. The maximum absolute atomic E-state index is 12.3. The highest BCUT2D eigenvalue weighted by Gasteiger charge is 2.20. The summed E-state index contributed by atoms with van der Waals surface area (Å²) in [4.78, 5) is 12.3. The standard InChI is InChI=1S/C40H73NO4/c1-3-5-7-9-11-13-15-16-17-18-19-20-21-22-23-24-25-27-29-31-33-37(43)35-40(45)41-38(36-42)39(44)34-32-30-28-26-14-12-10-8-6-4-2/h6,8,14,21-22,26,32,34,37-39,42-44H,3-5,7,9-13,15-20,23-25,27-31,33,35-36H2,1-2H3,(H,41,45)/b8-6+,22-21-,26-14+,34-32+. The van der Waals surface area contributed by atoms with Crippen molar-refractivity contribution in [2.24, 2.45) is 0 Å². The molecule has 0 bridgehead atoms. The fraction of sp³-hybridized carbons (Fsp3) is 0.775. The highest BCUT2D eigenvalue weighted by atomic mass is 16.3. The van der Waals surface area contributed by atoms with E-state index in [0.717, 1.165) is 57.8 Å². The van der Waals surface area contributed by atoms with Gasteiger partial charge in [0, 0.05) is 0 Å². The van der Waals surface area contributed by atoms with Gasteiger partial charge >= 0.3 is 0 Å². The first-order valence-electron chi connectivity index (χ1n) is 18.9. The zero-order valence-electron chi connectivity index (χ0n) is 29.5. The summed E-state index contributed by atoms with van der Waals surface area (Å²) in [5.41, 5.74) is 0. The summed E-state index contributed by atoms with van der Waals surface area (Å²) < 4.78 is 0. The lowest BCUT2D eigenvalue weighted by Crippen LogP contribution is -2.45. The van der Waals surface area contributed by atoms with Gasteiger partial charge in [-0.05, 0) is 64.2 Å². The average molecular weight is 632 g/mol. The lowest BCUT2D eigenvalue weighted by atomic mass is 10.0. The van der Waals surface area contributed by atoms with Crippen LogP contribution in [0.4, 0.5) is 0 Å². The molecule has 45 heavy (non-hydrogen) atoms. The van der Waals surface area contributed by atoms with Crippen LogP contribution >= 0.6 is 0 Å². The first kappa shape index (κ1) is 43.3. The lowest BCUT2D eigenvalue weighted by molar-refractivity contribution is -0.124. The predicted molar refractivity (Wildman–Crippen MR) is 194 cm³/mol. The summed E-state index contributed by atoms with van der Waals surface area (Å²) in [6.45, 7) is 4.05. The van der Waals surface area contributed by atoms with Crippen molar-refractivity contribution in [2.45, 2.75) is 193 Å². The number of carbonyl (C=O) groups is 1. The molecule has 0 spiro atoms. The Labute approximate surface area is 278 Å². The number of rotatable bonds is 33. The maximum atomic E-state index is 12.3. The van der Waals surface area contributed by atoms with E-state index in [9.17, 15) is 20.1 Å². The van der Waals surface area contributed by atoms with Gasteiger partial charge in [0.25, 0.3) is 0 Å². The normalized spacial score (nSPS) is 14.3. The van der Waals surface area contributed by atoms with Crippen LogP contribution in [0.1, 0.15) is 174 Å². The number of nitrogens with one attached hydrogen (secondary N) is 1. The molecule has 0 aromatic carbocycles. The largest absolute Gasteiger partial charge is 0.394 e. The molecule has 0 aliphatic carbocycles. The summed E-state index contributed by atoms with van der Waals surface area (Å²) in [6.07, 6.45) is 44.0. The second kappa shape index (κ2) is 35.2. The Kier molecular flexibility index (Phi) is 33.8. The van der Waals surface area contributed by atoms with E-state index in [1.807, 2.05) is 6.08 Å². The van der Waals surface area contributed by atoms with Crippen LogP contribution in [0.5, 0.6) is 0 Å². The zero-order valence-corrected chi connectivity index (χ0v) is 29.5. The number of hydrogen-bond acceptors (Lipinski definition) is 4. The van der Waals surface area contributed by atoms with Gasteiger partial charge in [-0.15, -0.1) is 0 Å². The minimum atomic E-state index is -0.960. The molecule has 0 aliphatic rings. The number of unbranched alkanes of at least 4 members (excludes halogenated alkanes) is 18. The van der Waals surface area contributed by atoms with Crippen LogP contribution in [0.3, 0.4) is 0 Å². The number of carbonyl (C=O) groups excluding carboxylic acids is 1. The Morgan fingerprint density at radius 2 is 1.02 bits per heavy atom. The third kappa shape index (κ3) is 32.1. The highest BCUT2D eigenvalue weighted by molar-refractivity contribution is 5.76. The van der Waals surface area contributed by atoms with Gasteiger partial charge in [0.1, 0.15) is 0 Å². The lowest BCUT2D eigenvalue weighted by Gasteiger charge is -2.20. The molecule has 1 amide bonds. The molecule has 262 valence electrons. The third-order valence-electron chi connectivity index (χ3n) is 8.33. The molecule has 3 unspecified atom stereocenters. The molecule has 0 heterocycles. The van der Waals surface area contributed by atoms with Gasteiger partial charge in [-0.2, -0.15) is 0 Å². The van der Waals surface area contributed by atoms with Crippen molar-refractivity contribution in [3.05, 3.63) is 48.6 Å². The minimum absolute atomic E-state index is 0.00487. The smallest absolute Gasteiger partial charge is 0.222 e. The maximum Gasteiger partial charge on any atom is 0.222 e. The van der Waals surface area contributed by atoms with Crippen LogP contribution in [-0.4, -0.2) is 46.1 Å². The second-order valence-corrected chi connectivity index (χ2v) is 12.8. The Morgan fingerprint density at radius 1 is 0.578 bits per heavy atom. The van der Waals surface area contributed by atoms with Crippen molar-refractivity contribution in [2.75, 3.05) is 6.61 Å². The van der Waals surface area contributed by atoms with E-state index >= 15 is 0 Å². The molecule has 5 heteroatoms. The zero-order chi connectivity index (χ0) is 33.1. The molecule has 0 fully saturated rings. The van der Waals surface area contributed by atoms with Crippen molar-refractivity contribution < 1.29 is 20.1 Å². The fourth-order valence-electron chi connectivity index (χ4n) is 5.43. The molecule has 4 N–H and O–H groups in total. The number of aliphatic hydroxyl groups excluding tert-OH is 3. The Bertz CT molecular complexity index is 745. The molecule has 0 aromatic rings. The Hall–Kier alpha value is -1.69. The molecule has 0 radical (unpaired) electrons. The summed E-state index contributed by atoms with van der Waals surface area (Å²) in [5.74, 6) is -0.339. The van der Waals surface area contributed by atoms with Crippen LogP contribution in [0.25, 0.3) is 0 Å². The van der Waals surface area contributed by atoms with E-state index in [2.05, 4.69) is 55.6 Å². The Balaban J connectivity index is 3.72. The van der Waals surface area contributed by atoms with Crippen molar-refractivity contribution >= 4 is 5.91 Å². The molecule has 0 aliphatic heterocycles. The molecule has 0 saturated carbocycles. The van der Waals surface area contributed by atoms with Crippen molar-refractivity contribution in [1.29, 1.82) is 0 Å².